The highest BCUT2D eigenvalue weighted by atomic mass is 35.5. The molecule has 0 aromatic heterocycles. The van der Waals surface area contributed by atoms with Crippen molar-refractivity contribution in [1.82, 2.24) is 0 Å². The first kappa shape index (κ1) is 15.5. The fraction of sp³-hybridized carbons (Fsp3) is 0.250. The number of methoxy groups -OCH3 is 2. The molecule has 0 saturated carbocycles. The molecule has 2 aromatic carbocycles. The Labute approximate surface area is 128 Å². The van der Waals surface area contributed by atoms with Gasteiger partial charge in [0.05, 0.1) is 19.8 Å². The number of halogens is 1. The van der Waals surface area contributed by atoms with Crippen molar-refractivity contribution in [3.8, 4) is 17.2 Å². The van der Waals surface area contributed by atoms with E-state index >= 15 is 0 Å². The predicted octanol–water partition coefficient (Wildman–Crippen LogP) is 3.47. The summed E-state index contributed by atoms with van der Waals surface area (Å²) in [5.74, 6) is 1.75. The number of hydrogen-bond donors (Lipinski definition) is 1. The largest absolute Gasteiger partial charge is 0.496 e. The van der Waals surface area contributed by atoms with Gasteiger partial charge in [0.25, 0.3) is 0 Å². The summed E-state index contributed by atoms with van der Waals surface area (Å²) >= 11 is 5.81. The van der Waals surface area contributed by atoms with Crippen LogP contribution in [-0.4, -0.2) is 25.9 Å². The molecule has 112 valence electrons. The second-order valence-electron chi connectivity index (χ2n) is 4.36. The Balaban J connectivity index is 2.12. The molecular formula is C16H17ClO4. The van der Waals surface area contributed by atoms with Crippen LogP contribution in [0, 0.1) is 0 Å². The van der Waals surface area contributed by atoms with Crippen LogP contribution in [0.2, 0.25) is 5.02 Å². The van der Waals surface area contributed by atoms with Gasteiger partial charge in [0.1, 0.15) is 30.0 Å². The van der Waals surface area contributed by atoms with Crippen molar-refractivity contribution in [3.63, 3.8) is 0 Å². The summed E-state index contributed by atoms with van der Waals surface area (Å²) < 4.78 is 16.1. The van der Waals surface area contributed by atoms with Crippen LogP contribution in [0.25, 0.3) is 0 Å². The molecule has 2 rings (SSSR count). The molecule has 0 radical (unpaired) electrons. The third-order valence-corrected chi connectivity index (χ3v) is 3.27. The van der Waals surface area contributed by atoms with Crippen LogP contribution in [0.5, 0.6) is 17.2 Å². The molecule has 4 nitrogen and oxygen atoms in total. The Morgan fingerprint density at radius 3 is 2.10 bits per heavy atom. The van der Waals surface area contributed by atoms with Gasteiger partial charge in [-0.25, -0.2) is 0 Å². The topological polar surface area (TPSA) is 47.9 Å². The maximum absolute atomic E-state index is 10.3. The van der Waals surface area contributed by atoms with Crippen molar-refractivity contribution in [2.24, 2.45) is 0 Å². The van der Waals surface area contributed by atoms with Gasteiger partial charge in [0.2, 0.25) is 0 Å². The molecule has 0 fully saturated rings. The zero-order chi connectivity index (χ0) is 15.2. The lowest BCUT2D eigenvalue weighted by molar-refractivity contribution is 0.103. The Hall–Kier alpha value is -1.91. The normalized spacial score (nSPS) is 11.8. The molecule has 0 aliphatic heterocycles. The standard InChI is InChI=1S/C16H17ClO4/c1-19-14-4-3-5-15(20-2)16(14)13(18)10-21-12-8-6-11(17)7-9-12/h3-9,13,18H,10H2,1-2H3. The third kappa shape index (κ3) is 3.80. The molecule has 0 heterocycles. The van der Waals surface area contributed by atoms with E-state index in [9.17, 15) is 5.11 Å². The molecule has 0 spiro atoms. The van der Waals surface area contributed by atoms with Crippen molar-refractivity contribution in [2.75, 3.05) is 20.8 Å². The van der Waals surface area contributed by atoms with E-state index in [1.165, 1.54) is 0 Å². The third-order valence-electron chi connectivity index (χ3n) is 3.02. The molecule has 1 unspecified atom stereocenters. The Morgan fingerprint density at radius 1 is 1.00 bits per heavy atom. The number of aliphatic hydroxyl groups excluding tert-OH is 1. The van der Waals surface area contributed by atoms with Gasteiger partial charge in [-0.15, -0.1) is 0 Å². The van der Waals surface area contributed by atoms with Crippen LogP contribution in [-0.2, 0) is 0 Å². The minimum atomic E-state index is -0.869. The van der Waals surface area contributed by atoms with Crippen LogP contribution < -0.4 is 14.2 Å². The van der Waals surface area contributed by atoms with E-state index in [2.05, 4.69) is 0 Å². The van der Waals surface area contributed by atoms with Gasteiger partial charge in [-0.05, 0) is 36.4 Å². The summed E-state index contributed by atoms with van der Waals surface area (Å²) in [4.78, 5) is 0. The lowest BCUT2D eigenvalue weighted by Gasteiger charge is -2.18. The lowest BCUT2D eigenvalue weighted by atomic mass is 10.1. The van der Waals surface area contributed by atoms with Crippen molar-refractivity contribution in [1.29, 1.82) is 0 Å². The highest BCUT2D eigenvalue weighted by Crippen LogP contribution is 2.34. The summed E-state index contributed by atoms with van der Waals surface area (Å²) in [6.07, 6.45) is -0.869. The zero-order valence-electron chi connectivity index (χ0n) is 11.9. The van der Waals surface area contributed by atoms with Crippen molar-refractivity contribution >= 4 is 11.6 Å². The summed E-state index contributed by atoms with van der Waals surface area (Å²) in [6, 6.07) is 12.3. The molecule has 1 atom stereocenters. The SMILES string of the molecule is COc1cccc(OC)c1C(O)COc1ccc(Cl)cc1. The van der Waals surface area contributed by atoms with Gasteiger partial charge in [-0.1, -0.05) is 17.7 Å². The first-order valence-corrected chi connectivity index (χ1v) is 6.80. The first-order chi connectivity index (χ1) is 10.2. The smallest absolute Gasteiger partial charge is 0.128 e. The van der Waals surface area contributed by atoms with E-state index in [0.29, 0.717) is 27.8 Å². The highest BCUT2D eigenvalue weighted by molar-refractivity contribution is 6.30. The Bertz CT molecular complexity index is 561. The Kier molecular flexibility index (Phi) is 5.31. The van der Waals surface area contributed by atoms with E-state index in [1.807, 2.05) is 0 Å². The minimum absolute atomic E-state index is 0.0817. The van der Waals surface area contributed by atoms with Crippen LogP contribution in [0.3, 0.4) is 0 Å². The number of hydrogen-bond acceptors (Lipinski definition) is 4. The average Bonchev–Trinajstić information content (AvgIpc) is 2.53. The Morgan fingerprint density at radius 2 is 1.57 bits per heavy atom. The number of benzene rings is 2. The quantitative estimate of drug-likeness (QED) is 0.887. The second-order valence-corrected chi connectivity index (χ2v) is 4.79. The first-order valence-electron chi connectivity index (χ1n) is 6.43. The summed E-state index contributed by atoms with van der Waals surface area (Å²) in [5, 5.41) is 11.0. The van der Waals surface area contributed by atoms with Gasteiger partial charge in [-0.2, -0.15) is 0 Å². The molecule has 2 aromatic rings. The molecule has 0 saturated heterocycles. The molecular weight excluding hydrogens is 292 g/mol. The van der Waals surface area contributed by atoms with Gasteiger partial charge >= 0.3 is 0 Å². The monoisotopic (exact) mass is 308 g/mol. The van der Waals surface area contributed by atoms with Gasteiger partial charge in [-0.3, -0.25) is 0 Å². The molecule has 5 heteroatoms. The minimum Gasteiger partial charge on any atom is -0.496 e. The molecule has 21 heavy (non-hydrogen) atoms. The molecule has 0 aliphatic carbocycles. The summed E-state index contributed by atoms with van der Waals surface area (Å²) in [6.45, 7) is 0.0817. The predicted molar refractivity (Wildman–Crippen MR) is 81.5 cm³/mol. The van der Waals surface area contributed by atoms with Crippen LogP contribution in [0.4, 0.5) is 0 Å². The van der Waals surface area contributed by atoms with Crippen LogP contribution in [0.1, 0.15) is 11.7 Å². The van der Waals surface area contributed by atoms with Gasteiger partial charge < -0.3 is 19.3 Å². The van der Waals surface area contributed by atoms with Crippen molar-refractivity contribution in [2.45, 2.75) is 6.10 Å². The lowest BCUT2D eigenvalue weighted by Crippen LogP contribution is -2.12. The van der Waals surface area contributed by atoms with E-state index < -0.39 is 6.10 Å². The van der Waals surface area contributed by atoms with Gasteiger partial charge in [0, 0.05) is 5.02 Å². The fourth-order valence-corrected chi connectivity index (χ4v) is 2.12. The van der Waals surface area contributed by atoms with E-state index in [-0.39, 0.29) is 6.61 Å². The molecule has 0 bridgehead atoms. The van der Waals surface area contributed by atoms with Crippen LogP contribution >= 0.6 is 11.6 Å². The average molecular weight is 309 g/mol. The second kappa shape index (κ2) is 7.20. The molecule has 1 N–H and O–H groups in total. The van der Waals surface area contributed by atoms with Crippen LogP contribution in [0.15, 0.2) is 42.5 Å². The molecule has 0 amide bonds. The van der Waals surface area contributed by atoms with Gasteiger partial charge in [0.15, 0.2) is 0 Å². The summed E-state index contributed by atoms with van der Waals surface area (Å²) in [7, 11) is 3.09. The van der Waals surface area contributed by atoms with E-state index in [0.717, 1.165) is 0 Å². The van der Waals surface area contributed by atoms with Crippen molar-refractivity contribution < 1.29 is 19.3 Å². The van der Waals surface area contributed by atoms with Crippen molar-refractivity contribution in [3.05, 3.63) is 53.1 Å². The number of aliphatic hydroxyl groups is 1. The maximum Gasteiger partial charge on any atom is 0.128 e. The summed E-state index contributed by atoms with van der Waals surface area (Å²) in [5.41, 5.74) is 0.566. The zero-order valence-corrected chi connectivity index (χ0v) is 12.6. The maximum atomic E-state index is 10.3. The fourth-order valence-electron chi connectivity index (χ4n) is 2.00. The molecule has 0 aliphatic rings. The number of rotatable bonds is 6. The van der Waals surface area contributed by atoms with E-state index in [4.69, 9.17) is 25.8 Å². The van der Waals surface area contributed by atoms with E-state index in [1.54, 1.807) is 56.7 Å². The highest BCUT2D eigenvalue weighted by Gasteiger charge is 2.19. The number of ether oxygens (including phenoxy) is 3.